The zero-order chi connectivity index (χ0) is 16.2. The van der Waals surface area contributed by atoms with E-state index in [1.54, 1.807) is 0 Å². The van der Waals surface area contributed by atoms with E-state index >= 15 is 0 Å². The normalized spacial score (nSPS) is 18.9. The Labute approximate surface area is 136 Å². The average Bonchev–Trinajstić information content (AvgIpc) is 2.95. The number of aromatic amines is 1. The second-order valence-corrected chi connectivity index (χ2v) is 6.55. The van der Waals surface area contributed by atoms with E-state index in [4.69, 9.17) is 5.73 Å². The van der Waals surface area contributed by atoms with Crippen LogP contribution in [0.4, 0.5) is 0 Å². The van der Waals surface area contributed by atoms with Crippen LogP contribution < -0.4 is 5.73 Å². The first-order chi connectivity index (χ1) is 11.1. The minimum absolute atomic E-state index is 0.194. The number of hydrogen-bond acceptors (Lipinski definition) is 3. The van der Waals surface area contributed by atoms with Crippen LogP contribution in [-0.4, -0.2) is 34.1 Å². The van der Waals surface area contributed by atoms with Gasteiger partial charge in [0.1, 0.15) is 0 Å². The van der Waals surface area contributed by atoms with Crippen LogP contribution in [0.1, 0.15) is 30.4 Å². The molecule has 1 amide bonds. The molecule has 1 fully saturated rings. The van der Waals surface area contributed by atoms with Gasteiger partial charge in [0.05, 0.1) is 11.9 Å². The number of primary amides is 1. The number of piperidine rings is 1. The molecule has 0 spiro atoms. The third-order valence-corrected chi connectivity index (χ3v) is 4.51. The molecule has 3 rings (SSSR count). The molecule has 1 aliphatic rings. The van der Waals surface area contributed by atoms with Crippen molar-refractivity contribution in [2.45, 2.75) is 32.7 Å². The number of aryl methyl sites for hydroxylation is 1. The van der Waals surface area contributed by atoms with E-state index in [9.17, 15) is 4.79 Å². The highest BCUT2D eigenvalue weighted by Gasteiger charge is 2.22. The second kappa shape index (κ2) is 6.96. The maximum absolute atomic E-state index is 11.2. The number of H-pyrrole nitrogens is 1. The summed E-state index contributed by atoms with van der Waals surface area (Å²) in [4.78, 5) is 13.6. The number of hydrogen-bond donors (Lipinski definition) is 2. The predicted octanol–water partition coefficient (Wildman–Crippen LogP) is 2.47. The van der Waals surface area contributed by atoms with E-state index in [0.29, 0.717) is 12.3 Å². The summed E-state index contributed by atoms with van der Waals surface area (Å²) in [6.07, 6.45) is 4.62. The molecule has 0 saturated carbocycles. The maximum atomic E-state index is 11.2. The molecule has 0 unspecified atom stereocenters. The molecule has 0 radical (unpaired) electrons. The van der Waals surface area contributed by atoms with E-state index in [-0.39, 0.29) is 5.91 Å². The lowest BCUT2D eigenvalue weighted by Crippen LogP contribution is -2.36. The monoisotopic (exact) mass is 312 g/mol. The van der Waals surface area contributed by atoms with Gasteiger partial charge in [-0.15, -0.1) is 0 Å². The molecule has 2 heterocycles. The average molecular weight is 312 g/mol. The van der Waals surface area contributed by atoms with Crippen molar-refractivity contribution >= 4 is 5.91 Å². The Morgan fingerprint density at radius 3 is 3.13 bits per heavy atom. The fourth-order valence-corrected chi connectivity index (χ4v) is 3.47. The molecule has 0 bridgehead atoms. The van der Waals surface area contributed by atoms with Crippen LogP contribution in [0.5, 0.6) is 0 Å². The lowest BCUT2D eigenvalue weighted by atomic mass is 9.94. The van der Waals surface area contributed by atoms with Crippen molar-refractivity contribution in [1.29, 1.82) is 0 Å². The Balaban J connectivity index is 1.71. The van der Waals surface area contributed by atoms with Crippen LogP contribution >= 0.6 is 0 Å². The van der Waals surface area contributed by atoms with Crippen molar-refractivity contribution in [2.75, 3.05) is 13.1 Å². The molecule has 2 aromatic rings. The highest BCUT2D eigenvalue weighted by atomic mass is 16.1. The SMILES string of the molecule is Cc1cccc(-c2[nH]ncc2CN2CCC[C@@H](CC(N)=O)C2)c1. The van der Waals surface area contributed by atoms with Crippen LogP contribution in [0.2, 0.25) is 0 Å². The zero-order valence-corrected chi connectivity index (χ0v) is 13.6. The number of benzene rings is 1. The number of nitrogens with one attached hydrogen (secondary N) is 1. The molecular weight excluding hydrogens is 288 g/mol. The Kier molecular flexibility index (Phi) is 4.76. The number of rotatable bonds is 5. The number of nitrogens with two attached hydrogens (primary N) is 1. The van der Waals surface area contributed by atoms with Crippen molar-refractivity contribution in [3.05, 3.63) is 41.6 Å². The third kappa shape index (κ3) is 3.99. The summed E-state index contributed by atoms with van der Waals surface area (Å²) >= 11 is 0. The summed E-state index contributed by atoms with van der Waals surface area (Å²) in [5.74, 6) is 0.191. The quantitative estimate of drug-likeness (QED) is 0.890. The molecule has 0 aliphatic carbocycles. The fourth-order valence-electron chi connectivity index (χ4n) is 3.47. The summed E-state index contributed by atoms with van der Waals surface area (Å²) in [5, 5.41) is 7.37. The Morgan fingerprint density at radius 1 is 1.48 bits per heavy atom. The van der Waals surface area contributed by atoms with Gasteiger partial charge < -0.3 is 5.73 Å². The predicted molar refractivity (Wildman–Crippen MR) is 90.6 cm³/mol. The molecule has 1 atom stereocenters. The van der Waals surface area contributed by atoms with E-state index in [0.717, 1.165) is 38.2 Å². The van der Waals surface area contributed by atoms with E-state index in [1.165, 1.54) is 16.7 Å². The summed E-state index contributed by atoms with van der Waals surface area (Å²) in [6, 6.07) is 8.44. The number of likely N-dealkylation sites (tertiary alicyclic amines) is 1. The summed E-state index contributed by atoms with van der Waals surface area (Å²) in [6.45, 7) is 4.95. The van der Waals surface area contributed by atoms with Crippen LogP contribution in [0.3, 0.4) is 0 Å². The van der Waals surface area contributed by atoms with Gasteiger partial charge in [0.2, 0.25) is 5.91 Å². The first-order valence-electron chi connectivity index (χ1n) is 8.22. The van der Waals surface area contributed by atoms with Gasteiger partial charge in [0.15, 0.2) is 0 Å². The van der Waals surface area contributed by atoms with Crippen LogP contribution in [0.15, 0.2) is 30.5 Å². The summed E-state index contributed by atoms with van der Waals surface area (Å²) in [7, 11) is 0. The molecule has 1 saturated heterocycles. The first-order valence-corrected chi connectivity index (χ1v) is 8.22. The van der Waals surface area contributed by atoms with Gasteiger partial charge in [0.25, 0.3) is 0 Å². The standard InChI is InChI=1S/C18H24N4O/c1-13-4-2-6-15(8-13)18-16(10-20-21-18)12-22-7-3-5-14(11-22)9-17(19)23/h2,4,6,8,10,14H,3,5,7,9,11-12H2,1H3,(H2,19,23)(H,20,21)/t14-/m0/s1. The molecular formula is C18H24N4O. The highest BCUT2D eigenvalue weighted by Crippen LogP contribution is 2.26. The third-order valence-electron chi connectivity index (χ3n) is 4.51. The molecule has 5 nitrogen and oxygen atoms in total. The van der Waals surface area contributed by atoms with Gasteiger partial charge in [-0.2, -0.15) is 5.10 Å². The number of amides is 1. The molecule has 5 heteroatoms. The zero-order valence-electron chi connectivity index (χ0n) is 13.6. The summed E-state index contributed by atoms with van der Waals surface area (Å²) in [5.41, 5.74) is 10.0. The van der Waals surface area contributed by atoms with Crippen molar-refractivity contribution in [2.24, 2.45) is 11.7 Å². The fraction of sp³-hybridized carbons (Fsp3) is 0.444. The first kappa shape index (κ1) is 15.7. The minimum atomic E-state index is -0.194. The molecule has 1 aromatic heterocycles. The number of carbonyl (C=O) groups is 1. The smallest absolute Gasteiger partial charge is 0.217 e. The maximum Gasteiger partial charge on any atom is 0.217 e. The van der Waals surface area contributed by atoms with Crippen LogP contribution in [0.25, 0.3) is 11.3 Å². The lowest BCUT2D eigenvalue weighted by molar-refractivity contribution is -0.119. The Morgan fingerprint density at radius 2 is 2.35 bits per heavy atom. The molecule has 1 aliphatic heterocycles. The van der Waals surface area contributed by atoms with Gasteiger partial charge in [-0.05, 0) is 38.3 Å². The largest absolute Gasteiger partial charge is 0.370 e. The minimum Gasteiger partial charge on any atom is -0.370 e. The molecule has 23 heavy (non-hydrogen) atoms. The van der Waals surface area contributed by atoms with E-state index < -0.39 is 0 Å². The Hall–Kier alpha value is -2.14. The molecule has 122 valence electrons. The van der Waals surface area contributed by atoms with Gasteiger partial charge in [-0.1, -0.05) is 23.8 Å². The van der Waals surface area contributed by atoms with E-state index in [2.05, 4.69) is 46.3 Å². The van der Waals surface area contributed by atoms with Crippen molar-refractivity contribution in [3.8, 4) is 11.3 Å². The van der Waals surface area contributed by atoms with E-state index in [1.807, 2.05) is 6.20 Å². The van der Waals surface area contributed by atoms with Crippen LogP contribution in [-0.2, 0) is 11.3 Å². The lowest BCUT2D eigenvalue weighted by Gasteiger charge is -2.32. The number of aromatic nitrogens is 2. The molecule has 3 N–H and O–H groups in total. The van der Waals surface area contributed by atoms with Crippen LogP contribution in [0, 0.1) is 12.8 Å². The van der Waals surface area contributed by atoms with Crippen molar-refractivity contribution < 1.29 is 4.79 Å². The van der Waals surface area contributed by atoms with Crippen molar-refractivity contribution in [1.82, 2.24) is 15.1 Å². The van der Waals surface area contributed by atoms with Crippen molar-refractivity contribution in [3.63, 3.8) is 0 Å². The summed E-state index contributed by atoms with van der Waals surface area (Å²) < 4.78 is 0. The van der Waals surface area contributed by atoms with Gasteiger partial charge in [-0.25, -0.2) is 0 Å². The topological polar surface area (TPSA) is 75.0 Å². The molecule has 1 aromatic carbocycles. The highest BCUT2D eigenvalue weighted by molar-refractivity contribution is 5.74. The van der Waals surface area contributed by atoms with Gasteiger partial charge in [0, 0.05) is 30.6 Å². The number of carbonyl (C=O) groups excluding carboxylic acids is 1. The van der Waals surface area contributed by atoms with Gasteiger partial charge >= 0.3 is 0 Å². The Bertz CT molecular complexity index is 679. The number of nitrogens with zero attached hydrogens (tertiary/aromatic N) is 2. The second-order valence-electron chi connectivity index (χ2n) is 6.55. The van der Waals surface area contributed by atoms with Gasteiger partial charge in [-0.3, -0.25) is 14.8 Å².